The van der Waals surface area contributed by atoms with Crippen molar-refractivity contribution < 1.29 is 20.6 Å². The number of nitrogens with two attached hydrogens (primary N) is 2. The van der Waals surface area contributed by atoms with Crippen molar-refractivity contribution in [1.82, 2.24) is 0 Å². The highest BCUT2D eigenvalue weighted by Gasteiger charge is 2.02. The van der Waals surface area contributed by atoms with Gasteiger partial charge in [0, 0.05) is 6.42 Å². The molecule has 0 aromatic rings. The fraction of sp³-hybridized carbons (Fsp3) is 0.333. The van der Waals surface area contributed by atoms with Gasteiger partial charge in [0.25, 0.3) is 0 Å². The van der Waals surface area contributed by atoms with Crippen LogP contribution in [-0.4, -0.2) is 18.0 Å². The molecule has 0 unspecified atom stereocenters. The van der Waals surface area contributed by atoms with Crippen LogP contribution in [0.2, 0.25) is 0 Å². The number of rotatable bonds is 4. The standard InChI is InChI=1S/C6H12N4O2/c7-4(5(11)12)2-1-3-10-6(8)9/h1,3-4H,2,7H2,(H,11,12)(H4,8,9,10)/p+1/b3-1+/t4-/m0/s1. The van der Waals surface area contributed by atoms with Crippen LogP contribution >= 0.6 is 0 Å². The zero-order chi connectivity index (χ0) is 9.56. The van der Waals surface area contributed by atoms with Crippen molar-refractivity contribution in [2.75, 3.05) is 0 Å². The van der Waals surface area contributed by atoms with Gasteiger partial charge in [0.1, 0.15) is 6.04 Å². The highest BCUT2D eigenvalue weighted by atomic mass is 16.4. The maximum Gasteiger partial charge on any atom is 0.343 e. The van der Waals surface area contributed by atoms with Gasteiger partial charge in [0.15, 0.2) is 0 Å². The Balaban J connectivity index is 3.75. The molecule has 0 saturated carbocycles. The van der Waals surface area contributed by atoms with Gasteiger partial charge < -0.3 is 15.6 Å². The molecule has 0 aromatic heterocycles. The van der Waals surface area contributed by atoms with Crippen LogP contribution in [-0.2, 0) is 4.79 Å². The van der Waals surface area contributed by atoms with Crippen molar-refractivity contribution >= 4 is 11.9 Å². The van der Waals surface area contributed by atoms with Gasteiger partial charge in [-0.15, -0.1) is 0 Å². The summed E-state index contributed by atoms with van der Waals surface area (Å²) in [6, 6.07) is -0.748. The van der Waals surface area contributed by atoms with Crippen molar-refractivity contribution in [3.63, 3.8) is 0 Å². The SMILES string of the molecule is NC(N)=[NH+]/C=C/C[C@H]([NH3+])C(=O)[O-]. The monoisotopic (exact) mass is 173 g/mol. The smallest absolute Gasteiger partial charge is 0.343 e. The minimum absolute atomic E-state index is 0.0558. The van der Waals surface area contributed by atoms with Crippen LogP contribution < -0.4 is 27.3 Å². The average Bonchev–Trinajstić information content (AvgIpc) is 1.97. The van der Waals surface area contributed by atoms with E-state index in [1.54, 1.807) is 6.08 Å². The molecule has 0 saturated heterocycles. The second kappa shape index (κ2) is 5.14. The topological polar surface area (TPSA) is 134 Å². The van der Waals surface area contributed by atoms with E-state index in [0.717, 1.165) is 0 Å². The molecule has 6 heteroatoms. The van der Waals surface area contributed by atoms with Crippen molar-refractivity contribution in [2.24, 2.45) is 11.5 Å². The maximum absolute atomic E-state index is 10.1. The zero-order valence-corrected chi connectivity index (χ0v) is 6.62. The molecule has 6 nitrogen and oxygen atoms in total. The van der Waals surface area contributed by atoms with E-state index in [-0.39, 0.29) is 12.4 Å². The number of hydrogen-bond acceptors (Lipinski definition) is 2. The van der Waals surface area contributed by atoms with Gasteiger partial charge in [-0.25, -0.2) is 0 Å². The molecule has 0 aliphatic carbocycles. The Morgan fingerprint density at radius 3 is 2.67 bits per heavy atom. The molecule has 8 N–H and O–H groups in total. The van der Waals surface area contributed by atoms with Gasteiger partial charge in [0.05, 0.1) is 12.2 Å². The van der Waals surface area contributed by atoms with E-state index in [1.165, 1.54) is 6.20 Å². The maximum atomic E-state index is 10.1. The molecule has 0 aliphatic heterocycles. The number of quaternary nitrogens is 1. The first-order valence-electron chi connectivity index (χ1n) is 3.37. The minimum atomic E-state index is -1.18. The fourth-order valence-electron chi connectivity index (χ4n) is 0.484. The number of aliphatic carboxylic acids is 1. The molecule has 1 atom stereocenters. The fourth-order valence-corrected chi connectivity index (χ4v) is 0.484. The van der Waals surface area contributed by atoms with Gasteiger partial charge >= 0.3 is 5.96 Å². The summed E-state index contributed by atoms with van der Waals surface area (Å²) in [5.41, 5.74) is 13.5. The third kappa shape index (κ3) is 5.24. The Morgan fingerprint density at radius 1 is 1.67 bits per heavy atom. The highest BCUT2D eigenvalue weighted by molar-refractivity contribution is 5.69. The van der Waals surface area contributed by atoms with Crippen molar-refractivity contribution in [1.29, 1.82) is 0 Å². The summed E-state index contributed by atoms with van der Waals surface area (Å²) < 4.78 is 0. The molecular formula is C6H13N4O2+. The molecular weight excluding hydrogens is 160 g/mol. The lowest BCUT2D eigenvalue weighted by Gasteiger charge is -2.04. The van der Waals surface area contributed by atoms with E-state index in [2.05, 4.69) is 10.7 Å². The molecule has 0 amide bonds. The van der Waals surface area contributed by atoms with E-state index >= 15 is 0 Å². The highest BCUT2D eigenvalue weighted by Crippen LogP contribution is 1.82. The number of carboxylic acids is 1. The normalized spacial score (nSPS) is 12.8. The Hall–Kier alpha value is -1.56. The summed E-state index contributed by atoms with van der Waals surface area (Å²) in [5, 5.41) is 10.1. The van der Waals surface area contributed by atoms with Gasteiger partial charge in [-0.1, -0.05) is 0 Å². The first kappa shape index (κ1) is 10.4. The molecule has 0 radical (unpaired) electrons. The zero-order valence-electron chi connectivity index (χ0n) is 6.62. The quantitative estimate of drug-likeness (QED) is 0.249. The van der Waals surface area contributed by atoms with E-state index in [9.17, 15) is 9.90 Å². The summed E-state index contributed by atoms with van der Waals surface area (Å²) in [5.74, 6) is -1.12. The average molecular weight is 173 g/mol. The summed E-state index contributed by atoms with van der Waals surface area (Å²) in [4.78, 5) is 12.6. The number of guanidine groups is 1. The van der Waals surface area contributed by atoms with Gasteiger partial charge in [0.2, 0.25) is 0 Å². The van der Waals surface area contributed by atoms with Crippen LogP contribution in [0.4, 0.5) is 0 Å². The lowest BCUT2D eigenvalue weighted by atomic mass is 10.2. The van der Waals surface area contributed by atoms with Crippen LogP contribution in [0.25, 0.3) is 0 Å². The first-order chi connectivity index (χ1) is 5.54. The number of nitrogens with one attached hydrogen (secondary N) is 1. The molecule has 0 rings (SSSR count). The number of carbonyl (C=O) groups excluding carboxylic acids is 1. The third-order valence-electron chi connectivity index (χ3n) is 1.12. The van der Waals surface area contributed by atoms with Crippen LogP contribution in [0.15, 0.2) is 12.3 Å². The molecule has 0 heterocycles. The molecule has 0 bridgehead atoms. The van der Waals surface area contributed by atoms with Crippen LogP contribution in [0, 0.1) is 0 Å². The largest absolute Gasteiger partial charge is 0.544 e. The van der Waals surface area contributed by atoms with Crippen molar-refractivity contribution in [3.8, 4) is 0 Å². The van der Waals surface area contributed by atoms with Gasteiger partial charge in [-0.3, -0.25) is 16.5 Å². The van der Waals surface area contributed by atoms with E-state index < -0.39 is 12.0 Å². The Morgan fingerprint density at radius 2 is 2.25 bits per heavy atom. The number of carboxylic acid groups (broad SMARTS) is 1. The lowest BCUT2D eigenvalue weighted by Crippen LogP contribution is -2.72. The van der Waals surface area contributed by atoms with Gasteiger partial charge in [-0.05, 0) is 6.08 Å². The van der Waals surface area contributed by atoms with Crippen molar-refractivity contribution in [2.45, 2.75) is 12.5 Å². The lowest BCUT2D eigenvalue weighted by molar-refractivity contribution is -0.436. The predicted molar refractivity (Wildman–Crippen MR) is 39.8 cm³/mol. The predicted octanol–water partition coefficient (Wildman–Crippen LogP) is -5.40. The second-order valence-electron chi connectivity index (χ2n) is 2.25. The molecule has 0 aliphatic rings. The molecule has 0 fully saturated rings. The second-order valence-corrected chi connectivity index (χ2v) is 2.25. The van der Waals surface area contributed by atoms with Crippen molar-refractivity contribution in [3.05, 3.63) is 12.3 Å². The number of carbonyl (C=O) groups is 1. The van der Waals surface area contributed by atoms with Crippen LogP contribution in [0.5, 0.6) is 0 Å². The first-order valence-corrected chi connectivity index (χ1v) is 3.37. The Kier molecular flexibility index (Phi) is 4.47. The summed E-state index contributed by atoms with van der Waals surface area (Å²) in [6.45, 7) is 0. The Labute approximate surface area is 69.7 Å². The minimum Gasteiger partial charge on any atom is -0.544 e. The van der Waals surface area contributed by atoms with E-state index in [0.29, 0.717) is 0 Å². The van der Waals surface area contributed by atoms with Gasteiger partial charge in [-0.2, -0.15) is 0 Å². The molecule has 0 aromatic carbocycles. The van der Waals surface area contributed by atoms with Crippen LogP contribution in [0.1, 0.15) is 6.42 Å². The van der Waals surface area contributed by atoms with E-state index in [4.69, 9.17) is 11.5 Å². The molecule has 0 spiro atoms. The summed E-state index contributed by atoms with van der Waals surface area (Å²) >= 11 is 0. The summed E-state index contributed by atoms with van der Waals surface area (Å²) in [6.07, 6.45) is 3.30. The molecule has 12 heavy (non-hydrogen) atoms. The van der Waals surface area contributed by atoms with E-state index in [1.807, 2.05) is 0 Å². The summed E-state index contributed by atoms with van der Waals surface area (Å²) in [7, 11) is 0. The Bertz CT molecular complexity index is 208. The molecule has 68 valence electrons. The van der Waals surface area contributed by atoms with Crippen LogP contribution in [0.3, 0.4) is 0 Å². The third-order valence-corrected chi connectivity index (χ3v) is 1.12. The number of hydrogen-bond donors (Lipinski definition) is 4.